The molecule has 0 aromatic carbocycles. The molecule has 3 rings (SSSR count). The van der Waals surface area contributed by atoms with Crippen LogP contribution in [-0.2, 0) is 30.8 Å². The summed E-state index contributed by atoms with van der Waals surface area (Å²) in [5.41, 5.74) is 3.16. The number of nitrogens with one attached hydrogen (secondary N) is 1. The lowest BCUT2D eigenvalue weighted by Gasteiger charge is -2.29. The summed E-state index contributed by atoms with van der Waals surface area (Å²) in [5.74, 6) is -0.901. The van der Waals surface area contributed by atoms with Crippen molar-refractivity contribution in [2.75, 3.05) is 19.4 Å². The van der Waals surface area contributed by atoms with Gasteiger partial charge in [0.15, 0.2) is 20.9 Å². The van der Waals surface area contributed by atoms with Crippen molar-refractivity contribution in [3.05, 3.63) is 20.3 Å². The Morgan fingerprint density at radius 2 is 2.25 bits per heavy atom. The predicted octanol–water partition coefficient (Wildman–Crippen LogP) is 2.23. The number of ether oxygens (including phenoxy) is 1. The second kappa shape index (κ2) is 8.39. The lowest BCUT2D eigenvalue weighted by Crippen LogP contribution is -2.52. The first kappa shape index (κ1) is 21.7. The lowest BCUT2D eigenvalue weighted by atomic mass is 10.1. The standard InChI is InChI=1S/C17H23BrN2O6S2/c1-17(28(2,23)24,16(22)19-26-13-5-3-4-8-25-13)6-7-20-10-11-9-12(18)27-14(11)15(20)21/h9,13H,3-8,10H2,1-2H3,(H,19,22)/t13-,17-/m0/s1. The zero-order chi connectivity index (χ0) is 20.5. The first-order chi connectivity index (χ1) is 13.1. The number of halogens is 1. The molecule has 2 aliphatic rings. The van der Waals surface area contributed by atoms with E-state index in [1.165, 1.54) is 18.3 Å². The minimum atomic E-state index is -3.76. The second-order valence-electron chi connectivity index (χ2n) is 7.23. The van der Waals surface area contributed by atoms with Crippen LogP contribution < -0.4 is 5.48 Å². The summed E-state index contributed by atoms with van der Waals surface area (Å²) >= 11 is 4.71. The molecule has 2 amide bonds. The number of fused-ring (bicyclic) bond motifs is 1. The van der Waals surface area contributed by atoms with Crippen LogP contribution >= 0.6 is 27.3 Å². The normalized spacial score (nSPS) is 22.0. The van der Waals surface area contributed by atoms with E-state index in [-0.39, 0.29) is 18.9 Å². The number of hydroxylamine groups is 1. The molecule has 1 saturated heterocycles. The Balaban J connectivity index is 1.63. The van der Waals surface area contributed by atoms with Crippen LogP contribution in [-0.4, -0.2) is 55.6 Å². The molecule has 0 bridgehead atoms. The number of hydrogen-bond acceptors (Lipinski definition) is 7. The molecular weight excluding hydrogens is 472 g/mol. The molecule has 0 spiro atoms. The van der Waals surface area contributed by atoms with E-state index >= 15 is 0 Å². The van der Waals surface area contributed by atoms with Gasteiger partial charge in [-0.05, 0) is 53.7 Å². The monoisotopic (exact) mass is 494 g/mol. The summed E-state index contributed by atoms with van der Waals surface area (Å²) in [7, 11) is -3.76. The average molecular weight is 495 g/mol. The fourth-order valence-electron chi connectivity index (χ4n) is 3.14. The number of rotatable bonds is 7. The Morgan fingerprint density at radius 1 is 1.50 bits per heavy atom. The molecular formula is C17H23BrN2O6S2. The minimum Gasteiger partial charge on any atom is -0.350 e. The fourth-order valence-corrected chi connectivity index (χ4v) is 5.61. The second-order valence-corrected chi connectivity index (χ2v) is 12.1. The summed E-state index contributed by atoms with van der Waals surface area (Å²) in [6, 6.07) is 1.89. The van der Waals surface area contributed by atoms with Gasteiger partial charge >= 0.3 is 0 Å². The molecule has 2 atom stereocenters. The number of sulfone groups is 1. The highest BCUT2D eigenvalue weighted by atomic mass is 79.9. The fraction of sp³-hybridized carbons (Fsp3) is 0.647. The van der Waals surface area contributed by atoms with Gasteiger partial charge in [-0.3, -0.25) is 9.59 Å². The molecule has 1 N–H and O–H groups in total. The minimum absolute atomic E-state index is 0.0333. The smallest absolute Gasteiger partial charge is 0.264 e. The van der Waals surface area contributed by atoms with Crippen molar-refractivity contribution in [1.82, 2.24) is 10.4 Å². The van der Waals surface area contributed by atoms with Gasteiger partial charge in [-0.25, -0.2) is 18.7 Å². The summed E-state index contributed by atoms with van der Waals surface area (Å²) in [4.78, 5) is 32.7. The van der Waals surface area contributed by atoms with Crippen molar-refractivity contribution in [1.29, 1.82) is 0 Å². The van der Waals surface area contributed by atoms with Gasteiger partial charge in [0, 0.05) is 32.4 Å². The van der Waals surface area contributed by atoms with Crippen molar-refractivity contribution in [3.8, 4) is 0 Å². The molecule has 8 nitrogen and oxygen atoms in total. The van der Waals surface area contributed by atoms with Gasteiger partial charge in [-0.2, -0.15) is 0 Å². The van der Waals surface area contributed by atoms with E-state index in [1.54, 1.807) is 4.90 Å². The van der Waals surface area contributed by atoms with E-state index in [0.717, 1.165) is 28.4 Å². The lowest BCUT2D eigenvalue weighted by molar-refractivity contribution is -0.201. The van der Waals surface area contributed by atoms with Crippen molar-refractivity contribution in [2.45, 2.75) is 50.2 Å². The van der Waals surface area contributed by atoms with Crippen LogP contribution in [0, 0.1) is 0 Å². The van der Waals surface area contributed by atoms with E-state index in [9.17, 15) is 18.0 Å². The van der Waals surface area contributed by atoms with Crippen LogP contribution in [0.25, 0.3) is 0 Å². The topological polar surface area (TPSA) is 102 Å². The number of amides is 2. The summed E-state index contributed by atoms with van der Waals surface area (Å²) in [5, 5.41) is 0. The number of carbonyl (C=O) groups excluding carboxylic acids is 2. The molecule has 11 heteroatoms. The van der Waals surface area contributed by atoms with Gasteiger partial charge in [0.1, 0.15) is 0 Å². The maximum atomic E-state index is 12.7. The quantitative estimate of drug-likeness (QED) is 0.583. The van der Waals surface area contributed by atoms with Crippen LogP contribution in [0.15, 0.2) is 9.85 Å². The Hall–Kier alpha value is -1.01. The highest BCUT2D eigenvalue weighted by Crippen LogP contribution is 2.34. The third-order valence-corrected chi connectivity index (χ3v) is 8.89. The van der Waals surface area contributed by atoms with Crippen LogP contribution in [0.1, 0.15) is 47.8 Å². The van der Waals surface area contributed by atoms with Crippen LogP contribution in [0.3, 0.4) is 0 Å². The molecule has 1 aromatic rings. The zero-order valence-corrected chi connectivity index (χ0v) is 18.9. The highest BCUT2D eigenvalue weighted by Gasteiger charge is 2.45. The van der Waals surface area contributed by atoms with E-state index in [2.05, 4.69) is 21.4 Å². The SMILES string of the molecule is C[C@](CCN1Cc2cc(Br)sc2C1=O)(C(=O)NO[C@H]1CCCCO1)S(C)(=O)=O. The predicted molar refractivity (Wildman–Crippen MR) is 107 cm³/mol. The number of carbonyl (C=O) groups is 2. The Labute approximate surface area is 176 Å². The van der Waals surface area contributed by atoms with Crippen LogP contribution in [0.5, 0.6) is 0 Å². The molecule has 0 unspecified atom stereocenters. The maximum Gasteiger partial charge on any atom is 0.264 e. The molecule has 1 fully saturated rings. The Bertz CT molecular complexity index is 865. The maximum absolute atomic E-state index is 12.7. The van der Waals surface area contributed by atoms with Gasteiger partial charge in [-0.1, -0.05) is 0 Å². The molecule has 0 aliphatic carbocycles. The van der Waals surface area contributed by atoms with Crippen molar-refractivity contribution < 1.29 is 27.6 Å². The summed E-state index contributed by atoms with van der Waals surface area (Å²) < 4.78 is 29.3. The van der Waals surface area contributed by atoms with Crippen molar-refractivity contribution in [2.24, 2.45) is 0 Å². The van der Waals surface area contributed by atoms with Crippen molar-refractivity contribution >= 4 is 48.9 Å². The van der Waals surface area contributed by atoms with Gasteiger partial charge in [0.05, 0.1) is 8.66 Å². The van der Waals surface area contributed by atoms with Crippen LogP contribution in [0.4, 0.5) is 0 Å². The third kappa shape index (κ3) is 4.43. The summed E-state index contributed by atoms with van der Waals surface area (Å²) in [6.45, 7) is 2.45. The van der Waals surface area contributed by atoms with E-state index < -0.39 is 26.8 Å². The Kier molecular flexibility index (Phi) is 6.50. The van der Waals surface area contributed by atoms with Crippen LogP contribution in [0.2, 0.25) is 0 Å². The molecule has 3 heterocycles. The van der Waals surface area contributed by atoms with E-state index in [1.807, 2.05) is 6.07 Å². The first-order valence-corrected chi connectivity index (χ1v) is 12.5. The molecule has 28 heavy (non-hydrogen) atoms. The van der Waals surface area contributed by atoms with E-state index in [4.69, 9.17) is 9.57 Å². The van der Waals surface area contributed by atoms with Gasteiger partial charge in [0.2, 0.25) is 0 Å². The Morgan fingerprint density at radius 3 is 2.86 bits per heavy atom. The average Bonchev–Trinajstić information content (AvgIpc) is 3.14. The molecule has 156 valence electrons. The summed E-state index contributed by atoms with van der Waals surface area (Å²) in [6.07, 6.45) is 2.90. The molecule has 2 aliphatic heterocycles. The highest BCUT2D eigenvalue weighted by molar-refractivity contribution is 9.11. The van der Waals surface area contributed by atoms with Crippen molar-refractivity contribution in [3.63, 3.8) is 0 Å². The van der Waals surface area contributed by atoms with Gasteiger partial charge in [0.25, 0.3) is 11.8 Å². The van der Waals surface area contributed by atoms with Gasteiger partial charge < -0.3 is 9.64 Å². The number of hydrogen-bond donors (Lipinski definition) is 1. The molecule has 0 saturated carbocycles. The van der Waals surface area contributed by atoms with E-state index in [0.29, 0.717) is 24.4 Å². The number of nitrogens with zero attached hydrogens (tertiary/aromatic N) is 1. The first-order valence-electron chi connectivity index (χ1n) is 8.96. The third-order valence-electron chi connectivity index (χ3n) is 5.20. The van der Waals surface area contributed by atoms with Gasteiger partial charge in [-0.15, -0.1) is 11.3 Å². The molecule has 1 aromatic heterocycles. The zero-order valence-electron chi connectivity index (χ0n) is 15.7. The number of thiophene rings is 1. The largest absolute Gasteiger partial charge is 0.350 e. The molecule has 0 radical (unpaired) electrons.